The highest BCUT2D eigenvalue weighted by Crippen LogP contribution is 2.39. The van der Waals surface area contributed by atoms with E-state index in [2.05, 4.69) is 10.1 Å². The summed E-state index contributed by atoms with van der Waals surface area (Å²) in [7, 11) is 1.71. The minimum Gasteiger partial charge on any atom is -0.434 e. The first kappa shape index (κ1) is 15.5. The zero-order chi connectivity index (χ0) is 14.7. The predicted molar refractivity (Wildman–Crippen MR) is 78.3 cm³/mol. The second-order valence-electron chi connectivity index (χ2n) is 3.92. The lowest BCUT2D eigenvalue weighted by Crippen LogP contribution is -2.19. The van der Waals surface area contributed by atoms with Crippen LogP contribution in [-0.4, -0.2) is 13.7 Å². The fourth-order valence-corrected chi connectivity index (χ4v) is 3.48. The molecule has 1 heterocycles. The summed E-state index contributed by atoms with van der Waals surface area (Å²) in [5.74, 6) is 0.111. The summed E-state index contributed by atoms with van der Waals surface area (Å²) in [5, 5.41) is 3.04. The van der Waals surface area contributed by atoms with Crippen molar-refractivity contribution in [2.24, 2.45) is 0 Å². The Morgan fingerprint density at radius 2 is 1.90 bits per heavy atom. The number of hydrogen-bond donors (Lipinski definition) is 1. The van der Waals surface area contributed by atoms with Crippen LogP contribution in [0.5, 0.6) is 5.75 Å². The molecular weight excluding hydrogens is 327 g/mol. The van der Waals surface area contributed by atoms with Gasteiger partial charge in [0.2, 0.25) is 0 Å². The molecule has 2 rings (SSSR count). The van der Waals surface area contributed by atoms with Crippen LogP contribution in [0.15, 0.2) is 30.3 Å². The molecule has 1 aromatic heterocycles. The van der Waals surface area contributed by atoms with E-state index in [4.69, 9.17) is 23.2 Å². The fraction of sp³-hybridized carbons (Fsp3) is 0.231. The van der Waals surface area contributed by atoms with Gasteiger partial charge in [0.15, 0.2) is 0 Å². The zero-order valence-corrected chi connectivity index (χ0v) is 12.7. The van der Waals surface area contributed by atoms with E-state index in [0.29, 0.717) is 14.2 Å². The maximum atomic E-state index is 12.5. The van der Waals surface area contributed by atoms with E-state index in [0.717, 1.165) is 5.56 Å². The number of rotatable bonds is 5. The van der Waals surface area contributed by atoms with Crippen molar-refractivity contribution < 1.29 is 13.5 Å². The molecule has 0 amide bonds. The second kappa shape index (κ2) is 6.72. The molecular formula is C13H11Cl2F2NOS. The molecule has 2 nitrogen and oxygen atoms in total. The molecule has 0 aliphatic carbocycles. The van der Waals surface area contributed by atoms with Gasteiger partial charge in [0, 0.05) is 11.1 Å². The second-order valence-corrected chi connectivity index (χ2v) is 6.20. The van der Waals surface area contributed by atoms with Crippen molar-refractivity contribution in [2.75, 3.05) is 7.05 Å². The van der Waals surface area contributed by atoms with E-state index in [1.807, 2.05) is 0 Å². The molecule has 1 N–H and O–H groups in total. The van der Waals surface area contributed by atoms with Crippen molar-refractivity contribution >= 4 is 34.5 Å². The topological polar surface area (TPSA) is 21.3 Å². The number of ether oxygens (including phenoxy) is 1. The predicted octanol–water partition coefficient (Wildman–Crippen LogP) is 4.97. The summed E-state index contributed by atoms with van der Waals surface area (Å²) >= 11 is 13.3. The Labute approximate surface area is 129 Å². The van der Waals surface area contributed by atoms with Crippen molar-refractivity contribution in [3.63, 3.8) is 0 Å². The van der Waals surface area contributed by atoms with E-state index >= 15 is 0 Å². The molecule has 108 valence electrons. The molecule has 0 aliphatic heterocycles. The van der Waals surface area contributed by atoms with Crippen LogP contribution in [0.1, 0.15) is 17.2 Å². The van der Waals surface area contributed by atoms with Gasteiger partial charge in [-0.15, -0.1) is 11.3 Å². The highest BCUT2D eigenvalue weighted by atomic mass is 35.5. The molecule has 7 heteroatoms. The molecule has 0 fully saturated rings. The number of benzene rings is 1. The Morgan fingerprint density at radius 3 is 2.45 bits per heavy atom. The minimum atomic E-state index is -2.88. The average molecular weight is 338 g/mol. The summed E-state index contributed by atoms with van der Waals surface area (Å²) in [6.07, 6.45) is 0. The van der Waals surface area contributed by atoms with Crippen LogP contribution in [0.25, 0.3) is 0 Å². The Morgan fingerprint density at radius 1 is 1.20 bits per heavy atom. The van der Waals surface area contributed by atoms with Crippen molar-refractivity contribution in [3.8, 4) is 5.75 Å². The Bertz CT molecular complexity index is 592. The van der Waals surface area contributed by atoms with Crippen LogP contribution < -0.4 is 10.1 Å². The fourth-order valence-electron chi connectivity index (χ4n) is 1.95. The van der Waals surface area contributed by atoms with Gasteiger partial charge in [0.1, 0.15) is 5.75 Å². The Kier molecular flexibility index (Phi) is 5.21. The van der Waals surface area contributed by atoms with E-state index in [1.165, 1.54) is 17.4 Å². The van der Waals surface area contributed by atoms with Gasteiger partial charge in [0.25, 0.3) is 0 Å². The highest BCUT2D eigenvalue weighted by Gasteiger charge is 2.22. The van der Waals surface area contributed by atoms with Crippen LogP contribution in [0.3, 0.4) is 0 Å². The van der Waals surface area contributed by atoms with Crippen LogP contribution in [0, 0.1) is 0 Å². The van der Waals surface area contributed by atoms with Crippen LogP contribution in [0.2, 0.25) is 8.67 Å². The van der Waals surface area contributed by atoms with Gasteiger partial charge in [-0.1, -0.05) is 41.4 Å². The maximum Gasteiger partial charge on any atom is 0.387 e. The molecule has 2 aromatic rings. The Hall–Kier alpha value is -0.880. The molecule has 0 radical (unpaired) electrons. The summed E-state index contributed by atoms with van der Waals surface area (Å²) in [6, 6.07) is 7.93. The molecule has 0 bridgehead atoms. The van der Waals surface area contributed by atoms with E-state index in [9.17, 15) is 8.78 Å². The van der Waals surface area contributed by atoms with E-state index in [-0.39, 0.29) is 11.8 Å². The number of nitrogens with one attached hydrogen (secondary N) is 1. The third-order valence-electron chi connectivity index (χ3n) is 2.73. The summed E-state index contributed by atoms with van der Waals surface area (Å²) in [4.78, 5) is 0. The molecule has 0 saturated heterocycles. The molecule has 0 saturated carbocycles. The van der Waals surface area contributed by atoms with Crippen LogP contribution >= 0.6 is 34.5 Å². The molecule has 0 aliphatic rings. The van der Waals surface area contributed by atoms with Crippen molar-refractivity contribution in [1.29, 1.82) is 0 Å². The molecule has 0 spiro atoms. The Balaban J connectivity index is 2.44. The van der Waals surface area contributed by atoms with Gasteiger partial charge >= 0.3 is 6.61 Å². The van der Waals surface area contributed by atoms with E-state index in [1.54, 1.807) is 31.3 Å². The van der Waals surface area contributed by atoms with Crippen LogP contribution in [-0.2, 0) is 0 Å². The standard InChI is InChI=1S/C13H11Cl2F2NOS/c1-18-11(8-6-10(14)20-12(8)15)7-4-2-3-5-9(7)19-13(16)17/h2-6,11,13,18H,1H3. The molecule has 1 unspecified atom stereocenters. The maximum absolute atomic E-state index is 12.5. The van der Waals surface area contributed by atoms with Gasteiger partial charge < -0.3 is 10.1 Å². The van der Waals surface area contributed by atoms with E-state index < -0.39 is 6.61 Å². The number of thiophene rings is 1. The minimum absolute atomic E-state index is 0.111. The first-order chi connectivity index (χ1) is 9.52. The van der Waals surface area contributed by atoms with Gasteiger partial charge in [-0.25, -0.2) is 0 Å². The summed E-state index contributed by atoms with van der Waals surface area (Å²) in [6.45, 7) is -2.88. The van der Waals surface area contributed by atoms with Crippen molar-refractivity contribution in [1.82, 2.24) is 5.32 Å². The highest BCUT2D eigenvalue weighted by molar-refractivity contribution is 7.20. The monoisotopic (exact) mass is 337 g/mol. The first-order valence-corrected chi connectivity index (χ1v) is 7.26. The van der Waals surface area contributed by atoms with Gasteiger partial charge in [-0.2, -0.15) is 8.78 Å². The van der Waals surface area contributed by atoms with Crippen LogP contribution in [0.4, 0.5) is 8.78 Å². The third-order valence-corrected chi connectivity index (χ3v) is 4.25. The lowest BCUT2D eigenvalue weighted by Gasteiger charge is -2.19. The lowest BCUT2D eigenvalue weighted by atomic mass is 10.0. The number of para-hydroxylation sites is 1. The van der Waals surface area contributed by atoms with Crippen molar-refractivity contribution in [3.05, 3.63) is 50.1 Å². The average Bonchev–Trinajstić information content (AvgIpc) is 2.71. The molecule has 20 heavy (non-hydrogen) atoms. The summed E-state index contributed by atoms with van der Waals surface area (Å²) < 4.78 is 30.5. The summed E-state index contributed by atoms with van der Waals surface area (Å²) in [5.41, 5.74) is 1.31. The molecule has 1 aromatic carbocycles. The smallest absolute Gasteiger partial charge is 0.387 e. The van der Waals surface area contributed by atoms with Gasteiger partial charge in [-0.3, -0.25) is 0 Å². The first-order valence-electron chi connectivity index (χ1n) is 5.68. The quantitative estimate of drug-likeness (QED) is 0.832. The largest absolute Gasteiger partial charge is 0.434 e. The zero-order valence-electron chi connectivity index (χ0n) is 10.4. The third kappa shape index (κ3) is 3.41. The molecule has 1 atom stereocenters. The van der Waals surface area contributed by atoms with Gasteiger partial charge in [0.05, 0.1) is 14.7 Å². The van der Waals surface area contributed by atoms with Crippen molar-refractivity contribution in [2.45, 2.75) is 12.7 Å². The normalized spacial score (nSPS) is 12.7. The number of alkyl halides is 2. The van der Waals surface area contributed by atoms with Gasteiger partial charge in [-0.05, 0) is 19.2 Å². The number of halogens is 4. The SMILES string of the molecule is CNC(c1ccccc1OC(F)F)c1cc(Cl)sc1Cl. The number of hydrogen-bond acceptors (Lipinski definition) is 3. The lowest BCUT2D eigenvalue weighted by molar-refractivity contribution is -0.0506.